The molecule has 9 heteroatoms. The first kappa shape index (κ1) is 23.0. The number of likely N-dealkylation sites (tertiary alicyclic amines) is 1. The number of primary amides is 1. The third-order valence-electron chi connectivity index (χ3n) is 5.64. The zero-order valence-corrected chi connectivity index (χ0v) is 19.3. The van der Waals surface area contributed by atoms with Crippen LogP contribution in [0.5, 0.6) is 17.2 Å². The number of carbonyl (C=O) groups excluding carboxylic acids is 1. The highest BCUT2D eigenvalue weighted by Gasteiger charge is 2.28. The number of nitrogens with zero attached hydrogens (tertiary/aromatic N) is 4. The number of rotatable bonds is 7. The van der Waals surface area contributed by atoms with Crippen LogP contribution in [0.15, 0.2) is 48.5 Å². The van der Waals surface area contributed by atoms with Crippen molar-refractivity contribution in [3.05, 3.63) is 54.1 Å². The molecular formula is C25H28N6O3. The molecule has 0 aliphatic carbocycles. The largest absolute Gasteiger partial charge is 0.491 e. The fraction of sp³-hybridized carbons (Fsp3) is 0.320. The Balaban J connectivity index is 1.56. The van der Waals surface area contributed by atoms with Crippen molar-refractivity contribution in [2.75, 3.05) is 18.8 Å². The Labute approximate surface area is 198 Å². The molecule has 0 bridgehead atoms. The van der Waals surface area contributed by atoms with Gasteiger partial charge in [-0.2, -0.15) is 10.4 Å². The fourth-order valence-corrected chi connectivity index (χ4v) is 4.09. The number of hydrogen-bond donors (Lipinski definition) is 2. The maximum atomic E-state index is 12.2. The van der Waals surface area contributed by atoms with Gasteiger partial charge in [0.15, 0.2) is 6.19 Å². The molecular weight excluding hydrogens is 432 g/mol. The smallest absolute Gasteiger partial charge is 0.254 e. The molecule has 1 saturated heterocycles. The molecule has 4 N–H and O–H groups in total. The van der Waals surface area contributed by atoms with Gasteiger partial charge >= 0.3 is 0 Å². The Morgan fingerprint density at radius 3 is 2.32 bits per heavy atom. The molecule has 1 fully saturated rings. The highest BCUT2D eigenvalue weighted by molar-refractivity contribution is 6.03. The topological polar surface area (TPSA) is 132 Å². The van der Waals surface area contributed by atoms with Crippen LogP contribution in [0, 0.1) is 11.5 Å². The van der Waals surface area contributed by atoms with Crippen LogP contribution < -0.4 is 20.9 Å². The van der Waals surface area contributed by atoms with Crippen LogP contribution >= 0.6 is 0 Å². The Bertz CT molecular complexity index is 1200. The van der Waals surface area contributed by atoms with Crippen molar-refractivity contribution in [3.63, 3.8) is 0 Å². The molecule has 1 aliphatic rings. The lowest BCUT2D eigenvalue weighted by molar-refractivity contribution is 0.100. The van der Waals surface area contributed by atoms with Gasteiger partial charge in [-0.1, -0.05) is 0 Å². The van der Waals surface area contributed by atoms with Crippen molar-refractivity contribution in [1.29, 1.82) is 5.26 Å². The zero-order valence-electron chi connectivity index (χ0n) is 19.3. The minimum Gasteiger partial charge on any atom is -0.491 e. The highest BCUT2D eigenvalue weighted by Crippen LogP contribution is 2.33. The summed E-state index contributed by atoms with van der Waals surface area (Å²) >= 11 is 0. The number of ether oxygens (including phenoxy) is 2. The number of nitriles is 1. The van der Waals surface area contributed by atoms with Crippen LogP contribution in [0.2, 0.25) is 0 Å². The molecule has 0 spiro atoms. The number of piperidine rings is 1. The summed E-state index contributed by atoms with van der Waals surface area (Å²) < 4.78 is 13.2. The fourth-order valence-electron chi connectivity index (χ4n) is 4.09. The third-order valence-corrected chi connectivity index (χ3v) is 5.64. The van der Waals surface area contributed by atoms with E-state index in [0.29, 0.717) is 35.8 Å². The molecule has 1 atom stereocenters. The minimum absolute atomic E-state index is 0.102. The molecule has 1 amide bonds. The van der Waals surface area contributed by atoms with Gasteiger partial charge in [-0.05, 0) is 75.2 Å². The third kappa shape index (κ3) is 4.91. The minimum atomic E-state index is -0.643. The van der Waals surface area contributed by atoms with Crippen molar-refractivity contribution >= 4 is 11.7 Å². The molecule has 176 valence electrons. The zero-order chi connectivity index (χ0) is 24.2. The maximum absolute atomic E-state index is 12.2. The summed E-state index contributed by atoms with van der Waals surface area (Å²) in [5, 5.41) is 13.9. The molecule has 1 aliphatic heterocycles. The quantitative estimate of drug-likeness (QED) is 0.510. The molecule has 9 nitrogen and oxygen atoms in total. The van der Waals surface area contributed by atoms with Crippen LogP contribution in [0.25, 0.3) is 11.3 Å². The summed E-state index contributed by atoms with van der Waals surface area (Å²) in [6, 6.07) is 14.5. The normalized spacial score (nSPS) is 15.7. The Hall–Kier alpha value is -4.19. The first-order valence-electron chi connectivity index (χ1n) is 11.2. The van der Waals surface area contributed by atoms with Crippen molar-refractivity contribution in [1.82, 2.24) is 14.7 Å². The number of anilines is 1. The molecule has 1 unspecified atom stereocenters. The van der Waals surface area contributed by atoms with Crippen LogP contribution in [-0.2, 0) is 0 Å². The van der Waals surface area contributed by atoms with Crippen LogP contribution in [0.1, 0.15) is 43.1 Å². The number of amides is 1. The summed E-state index contributed by atoms with van der Waals surface area (Å²) in [6.07, 6.45) is 3.94. The van der Waals surface area contributed by atoms with E-state index < -0.39 is 5.91 Å². The van der Waals surface area contributed by atoms with E-state index in [1.165, 1.54) is 0 Å². The monoisotopic (exact) mass is 460 g/mol. The molecule has 0 radical (unpaired) electrons. The van der Waals surface area contributed by atoms with E-state index in [0.717, 1.165) is 18.6 Å². The Morgan fingerprint density at radius 2 is 1.74 bits per heavy atom. The second-order valence-corrected chi connectivity index (χ2v) is 8.52. The predicted octanol–water partition coefficient (Wildman–Crippen LogP) is 3.93. The lowest BCUT2D eigenvalue weighted by Gasteiger charge is -2.29. The molecule has 3 aromatic rings. The average Bonchev–Trinajstić information content (AvgIpc) is 3.18. The van der Waals surface area contributed by atoms with Crippen LogP contribution in [0.3, 0.4) is 0 Å². The van der Waals surface area contributed by atoms with Crippen molar-refractivity contribution in [2.24, 2.45) is 5.73 Å². The van der Waals surface area contributed by atoms with Gasteiger partial charge in [0.2, 0.25) is 0 Å². The first-order valence-corrected chi connectivity index (χ1v) is 11.2. The Morgan fingerprint density at radius 1 is 1.12 bits per heavy atom. The number of nitrogen functional groups attached to an aromatic ring is 1. The number of carbonyl (C=O) groups is 1. The van der Waals surface area contributed by atoms with Gasteiger partial charge in [-0.3, -0.25) is 4.79 Å². The van der Waals surface area contributed by atoms with Gasteiger partial charge in [0.1, 0.15) is 34.3 Å². The van der Waals surface area contributed by atoms with E-state index in [-0.39, 0.29) is 23.5 Å². The summed E-state index contributed by atoms with van der Waals surface area (Å²) in [4.78, 5) is 13.9. The van der Waals surface area contributed by atoms with Gasteiger partial charge in [0.05, 0.1) is 18.7 Å². The molecule has 1 aromatic heterocycles. The van der Waals surface area contributed by atoms with E-state index >= 15 is 0 Å². The van der Waals surface area contributed by atoms with Crippen molar-refractivity contribution in [2.45, 2.75) is 38.8 Å². The van der Waals surface area contributed by atoms with E-state index in [4.69, 9.17) is 20.9 Å². The van der Waals surface area contributed by atoms with E-state index in [1.54, 1.807) is 21.7 Å². The van der Waals surface area contributed by atoms with E-state index in [2.05, 4.69) is 11.3 Å². The molecule has 4 rings (SSSR count). The number of aromatic nitrogens is 2. The lowest BCUT2D eigenvalue weighted by atomic mass is 10.1. The van der Waals surface area contributed by atoms with Gasteiger partial charge in [-0.15, -0.1) is 0 Å². The summed E-state index contributed by atoms with van der Waals surface area (Å²) in [5.41, 5.74) is 13.2. The maximum Gasteiger partial charge on any atom is 0.254 e. The van der Waals surface area contributed by atoms with E-state index in [1.807, 2.05) is 50.2 Å². The van der Waals surface area contributed by atoms with E-state index in [9.17, 15) is 10.1 Å². The summed E-state index contributed by atoms with van der Waals surface area (Å²) in [7, 11) is 0. The highest BCUT2D eigenvalue weighted by atomic mass is 16.5. The standard InChI is InChI=1S/C25H28N6O3/c1-16(2)33-19-9-11-21(12-10-19)34-20-7-5-17(6-8-20)23-22(25(28)32)24(27)31(29-23)18-4-3-13-30(14-18)15-26/h5-12,16,18H,3-4,13-14,27H2,1-2H3,(H2,28,32). The molecule has 2 heterocycles. The number of hydrogen-bond acceptors (Lipinski definition) is 7. The van der Waals surface area contributed by atoms with Crippen LogP contribution in [-0.4, -0.2) is 39.8 Å². The van der Waals surface area contributed by atoms with Crippen molar-refractivity contribution in [3.8, 4) is 34.7 Å². The number of nitrogens with two attached hydrogens (primary N) is 2. The summed E-state index contributed by atoms with van der Waals surface area (Å²) in [5.74, 6) is 1.66. The van der Waals surface area contributed by atoms with Gasteiger partial charge < -0.3 is 25.8 Å². The molecule has 2 aromatic carbocycles. The second-order valence-electron chi connectivity index (χ2n) is 8.52. The predicted molar refractivity (Wildman–Crippen MR) is 128 cm³/mol. The Kier molecular flexibility index (Phi) is 6.59. The van der Waals surface area contributed by atoms with Crippen LogP contribution in [0.4, 0.5) is 5.82 Å². The average molecular weight is 461 g/mol. The van der Waals surface area contributed by atoms with Gasteiger partial charge in [0.25, 0.3) is 5.91 Å². The van der Waals surface area contributed by atoms with Gasteiger partial charge in [-0.25, -0.2) is 4.68 Å². The lowest BCUT2D eigenvalue weighted by Crippen LogP contribution is -2.34. The number of benzene rings is 2. The SMILES string of the molecule is CC(C)Oc1ccc(Oc2ccc(-c3nn(C4CCCN(C#N)C4)c(N)c3C(N)=O)cc2)cc1. The second kappa shape index (κ2) is 9.75. The molecule has 0 saturated carbocycles. The first-order chi connectivity index (χ1) is 16.4. The molecule has 34 heavy (non-hydrogen) atoms. The summed E-state index contributed by atoms with van der Waals surface area (Å²) in [6.45, 7) is 5.15. The van der Waals surface area contributed by atoms with Gasteiger partial charge in [0, 0.05) is 12.1 Å². The van der Waals surface area contributed by atoms with Crippen molar-refractivity contribution < 1.29 is 14.3 Å².